The van der Waals surface area contributed by atoms with Crippen LogP contribution in [0.15, 0.2) is 118 Å². The highest BCUT2D eigenvalue weighted by atomic mass is 16.3. The van der Waals surface area contributed by atoms with Crippen LogP contribution in [0.1, 0.15) is 79.0 Å². The van der Waals surface area contributed by atoms with Gasteiger partial charge in [0.05, 0.1) is 16.6 Å². The van der Waals surface area contributed by atoms with Gasteiger partial charge in [0.25, 0.3) is 0 Å². The topological polar surface area (TPSA) is 33.9 Å². The fourth-order valence-electron chi connectivity index (χ4n) is 10.9. The Balaban J connectivity index is 1.31. The van der Waals surface area contributed by atoms with Crippen molar-refractivity contribution in [1.82, 2.24) is 4.40 Å². The van der Waals surface area contributed by atoms with Crippen molar-refractivity contribution in [2.45, 2.75) is 78.6 Å². The van der Waals surface area contributed by atoms with Gasteiger partial charge in [-0.2, -0.15) is 0 Å². The average molecular weight is 765 g/mol. The van der Waals surface area contributed by atoms with Gasteiger partial charge in [0, 0.05) is 71.7 Å². The second-order valence-corrected chi connectivity index (χ2v) is 20.6. The van der Waals surface area contributed by atoms with E-state index >= 15 is 0 Å². The van der Waals surface area contributed by atoms with Crippen molar-refractivity contribution in [3.63, 3.8) is 0 Å². The summed E-state index contributed by atoms with van der Waals surface area (Å²) in [4.78, 5) is 2.63. The Kier molecular flexibility index (Phi) is 6.01. The van der Waals surface area contributed by atoms with Crippen LogP contribution in [-0.4, -0.2) is 11.2 Å². The number of nitrogens with zero attached hydrogens (tertiary/aromatic N) is 2. The largest absolute Gasteiger partial charge is 0.456 e. The lowest BCUT2D eigenvalue weighted by Crippen LogP contribution is -2.59. The van der Waals surface area contributed by atoms with Crippen molar-refractivity contribution in [1.29, 1.82) is 0 Å². The van der Waals surface area contributed by atoms with Gasteiger partial charge in [-0.15, -0.1) is 0 Å². The van der Waals surface area contributed by atoms with E-state index in [4.69, 9.17) is 8.83 Å². The van der Waals surface area contributed by atoms with Gasteiger partial charge in [0.1, 0.15) is 22.3 Å². The molecule has 0 unspecified atom stereocenters. The van der Waals surface area contributed by atoms with Gasteiger partial charge in [0.15, 0.2) is 0 Å². The summed E-state index contributed by atoms with van der Waals surface area (Å²) in [6, 6.07) is 41.2. The molecule has 2 aliphatic heterocycles. The highest BCUT2D eigenvalue weighted by molar-refractivity contribution is 6.95. The summed E-state index contributed by atoms with van der Waals surface area (Å²) in [5.74, 6) is 0. The number of benzene rings is 7. The van der Waals surface area contributed by atoms with Crippen LogP contribution in [0, 0.1) is 0 Å². The molecule has 2 aliphatic rings. The zero-order chi connectivity index (χ0) is 40.2. The molecule has 0 spiro atoms. The SMILES string of the molecule is CC(C)(C)c1ccc(N2B3c4cc(C(C)(C)C)cc5c6cc(C(C)(C)C)cc7c8c9c(oc%10ccccc%109)c(c3c8n(c45)c67)-c3cc4c(cc32)oc2ccccc24)cc1. The Hall–Kier alpha value is -6.20. The number of para-hydroxylation sites is 2. The molecule has 0 aliphatic carbocycles. The number of hydrogen-bond acceptors (Lipinski definition) is 3. The second-order valence-electron chi connectivity index (χ2n) is 20.6. The molecule has 4 nitrogen and oxygen atoms in total. The minimum atomic E-state index is -0.135. The molecule has 13 rings (SSSR count). The third kappa shape index (κ3) is 4.16. The summed E-state index contributed by atoms with van der Waals surface area (Å²) in [6.45, 7) is 20.9. The molecule has 0 atom stereocenters. The van der Waals surface area contributed by atoms with Gasteiger partial charge in [-0.1, -0.05) is 117 Å². The van der Waals surface area contributed by atoms with Crippen LogP contribution in [0.4, 0.5) is 11.4 Å². The number of rotatable bonds is 1. The first kappa shape index (κ1) is 33.7. The summed E-state index contributed by atoms with van der Waals surface area (Å²) >= 11 is 0. The van der Waals surface area contributed by atoms with Crippen LogP contribution < -0.4 is 15.7 Å². The minimum absolute atomic E-state index is 0.0285. The molecule has 286 valence electrons. The summed E-state index contributed by atoms with van der Waals surface area (Å²) < 4.78 is 16.6. The number of aromatic nitrogens is 1. The molecule has 0 saturated heterocycles. The number of anilines is 2. The second kappa shape index (κ2) is 10.5. The first-order valence-corrected chi connectivity index (χ1v) is 21.2. The first-order chi connectivity index (χ1) is 28.2. The van der Waals surface area contributed by atoms with Crippen LogP contribution in [0.5, 0.6) is 0 Å². The van der Waals surface area contributed by atoms with Gasteiger partial charge in [0.2, 0.25) is 0 Å². The number of furan rings is 2. The summed E-state index contributed by atoms with van der Waals surface area (Å²) in [5.41, 5.74) is 18.8. The molecule has 6 heterocycles. The quantitative estimate of drug-likeness (QED) is 0.156. The van der Waals surface area contributed by atoms with Gasteiger partial charge >= 0.3 is 6.85 Å². The molecular formula is C54H45BN2O2. The molecule has 7 aromatic carbocycles. The molecule has 0 N–H and O–H groups in total. The third-order valence-electron chi connectivity index (χ3n) is 13.9. The lowest BCUT2D eigenvalue weighted by molar-refractivity contribution is 0.590. The Morgan fingerprint density at radius 1 is 0.475 bits per heavy atom. The number of fused-ring (bicyclic) bond motifs is 13. The third-order valence-corrected chi connectivity index (χ3v) is 13.9. The van der Waals surface area contributed by atoms with Crippen LogP contribution >= 0.6 is 0 Å². The lowest BCUT2D eigenvalue weighted by Gasteiger charge is -2.41. The van der Waals surface area contributed by atoms with E-state index in [0.29, 0.717) is 0 Å². The van der Waals surface area contributed by atoms with Crippen LogP contribution in [0.2, 0.25) is 0 Å². The van der Waals surface area contributed by atoms with E-state index in [1.54, 1.807) is 0 Å². The predicted octanol–water partition coefficient (Wildman–Crippen LogP) is 13.8. The summed E-state index contributed by atoms with van der Waals surface area (Å²) in [5, 5.41) is 9.90. The zero-order valence-corrected chi connectivity index (χ0v) is 35.2. The van der Waals surface area contributed by atoms with Gasteiger partial charge in [-0.05, 0) is 92.4 Å². The number of hydrogen-bond donors (Lipinski definition) is 0. The fourth-order valence-corrected chi connectivity index (χ4v) is 10.9. The van der Waals surface area contributed by atoms with Crippen LogP contribution in [0.3, 0.4) is 0 Å². The normalized spacial score (nSPS) is 14.5. The maximum atomic E-state index is 7.25. The maximum Gasteiger partial charge on any atom is 0.333 e. The van der Waals surface area contributed by atoms with Crippen molar-refractivity contribution in [3.8, 4) is 11.1 Å². The van der Waals surface area contributed by atoms with Crippen molar-refractivity contribution in [2.24, 2.45) is 0 Å². The van der Waals surface area contributed by atoms with E-state index in [9.17, 15) is 0 Å². The average Bonchev–Trinajstić information content (AvgIpc) is 3.94. The van der Waals surface area contributed by atoms with Crippen LogP contribution in [0.25, 0.3) is 93.1 Å². The zero-order valence-electron chi connectivity index (χ0n) is 35.2. The molecule has 0 radical (unpaired) electrons. The van der Waals surface area contributed by atoms with E-state index in [1.807, 2.05) is 0 Å². The van der Waals surface area contributed by atoms with Crippen molar-refractivity contribution in [3.05, 3.63) is 126 Å². The fraction of sp³-hybridized carbons (Fsp3) is 0.222. The van der Waals surface area contributed by atoms with E-state index in [1.165, 1.54) is 82.2 Å². The van der Waals surface area contributed by atoms with E-state index in [-0.39, 0.29) is 23.1 Å². The minimum Gasteiger partial charge on any atom is -0.456 e. The van der Waals surface area contributed by atoms with Gasteiger partial charge in [-0.3, -0.25) is 0 Å². The Morgan fingerprint density at radius 3 is 1.78 bits per heavy atom. The van der Waals surface area contributed by atoms with Crippen molar-refractivity contribution < 1.29 is 8.83 Å². The maximum absolute atomic E-state index is 7.25. The molecule has 4 aromatic heterocycles. The van der Waals surface area contributed by atoms with Crippen molar-refractivity contribution >= 4 is 111 Å². The first-order valence-electron chi connectivity index (χ1n) is 21.2. The monoisotopic (exact) mass is 764 g/mol. The Bertz CT molecular complexity index is 3670. The van der Waals surface area contributed by atoms with Crippen LogP contribution in [-0.2, 0) is 16.2 Å². The Labute approximate surface area is 343 Å². The van der Waals surface area contributed by atoms with Crippen molar-refractivity contribution in [2.75, 3.05) is 4.81 Å². The summed E-state index contributed by atoms with van der Waals surface area (Å²) in [6.07, 6.45) is 0. The lowest BCUT2D eigenvalue weighted by atomic mass is 9.43. The predicted molar refractivity (Wildman–Crippen MR) is 251 cm³/mol. The standard InChI is InChI=1S/C54H45BN2O2/c1-52(2,3)28-18-20-31(21-19-28)57-40-27-43-34(32-14-10-12-16-41(32)58-43)26-37(40)46-47-50-44(45-33-15-11-13-17-42(33)59-51(45)46)38-24-29(53(4,5)6)22-35-36-23-30(54(7,8)9)25-39(55(47)57)49(36)56(50)48(35)38/h10-27H,1-9H3. The molecule has 5 heteroatoms. The van der Waals surface area contributed by atoms with Gasteiger partial charge < -0.3 is 18.0 Å². The molecule has 0 amide bonds. The highest BCUT2D eigenvalue weighted by Crippen LogP contribution is 2.54. The summed E-state index contributed by atoms with van der Waals surface area (Å²) in [7, 11) is 0. The molecule has 11 aromatic rings. The smallest absolute Gasteiger partial charge is 0.333 e. The van der Waals surface area contributed by atoms with Gasteiger partial charge in [-0.25, -0.2) is 0 Å². The molecule has 0 fully saturated rings. The molecule has 0 bridgehead atoms. The molecular weight excluding hydrogens is 719 g/mol. The highest BCUT2D eigenvalue weighted by Gasteiger charge is 2.47. The molecule has 59 heavy (non-hydrogen) atoms. The van der Waals surface area contributed by atoms with E-state index < -0.39 is 0 Å². The van der Waals surface area contributed by atoms with E-state index in [0.717, 1.165) is 49.9 Å². The molecule has 0 saturated carbocycles. The Morgan fingerprint density at radius 2 is 1.08 bits per heavy atom. The van der Waals surface area contributed by atoms with E-state index in [2.05, 4.69) is 181 Å².